The van der Waals surface area contributed by atoms with Gasteiger partial charge in [-0.1, -0.05) is 285 Å². The third-order valence-electron chi connectivity index (χ3n) is 19.4. The fraction of sp³-hybridized carbons (Fsp3) is 0.815. The highest BCUT2D eigenvalue weighted by Gasteiger charge is 2.53. The van der Waals surface area contributed by atoms with Crippen molar-refractivity contribution in [2.75, 3.05) is 26.4 Å². The van der Waals surface area contributed by atoms with Gasteiger partial charge >= 0.3 is 0 Å². The molecule has 3 saturated heterocycles. The van der Waals surface area contributed by atoms with Gasteiger partial charge in [0.15, 0.2) is 18.9 Å². The first kappa shape index (κ1) is 91.2. The third-order valence-corrected chi connectivity index (χ3v) is 19.4. The zero-order chi connectivity index (χ0) is 72.5. The molecular formula is C81H143NO18. The van der Waals surface area contributed by atoms with Crippen LogP contribution in [0.4, 0.5) is 0 Å². The van der Waals surface area contributed by atoms with Gasteiger partial charge in [-0.15, -0.1) is 0 Å². The quantitative estimate of drug-likeness (QED) is 0.0199. The summed E-state index contributed by atoms with van der Waals surface area (Å²) in [7, 11) is 0. The van der Waals surface area contributed by atoms with Crippen molar-refractivity contribution in [1.82, 2.24) is 5.32 Å². The highest BCUT2D eigenvalue weighted by Crippen LogP contribution is 2.33. The van der Waals surface area contributed by atoms with E-state index in [0.717, 1.165) is 83.5 Å². The molecule has 19 nitrogen and oxygen atoms in total. The van der Waals surface area contributed by atoms with Crippen LogP contribution in [0.5, 0.6) is 0 Å². The summed E-state index contributed by atoms with van der Waals surface area (Å²) in [6.45, 7) is 1.62. The maximum atomic E-state index is 13.5. The number of allylic oxidation sites excluding steroid dienone is 13. The van der Waals surface area contributed by atoms with Crippen molar-refractivity contribution in [1.29, 1.82) is 0 Å². The lowest BCUT2D eigenvalue weighted by molar-refractivity contribution is -0.379. The minimum atomic E-state index is -1.99. The second-order valence-corrected chi connectivity index (χ2v) is 28.1. The topological polar surface area (TPSA) is 307 Å². The number of unbranched alkanes of at least 4 members (excludes halogenated alkanes) is 34. The molecule has 3 fully saturated rings. The fourth-order valence-corrected chi connectivity index (χ4v) is 13.0. The summed E-state index contributed by atoms with van der Waals surface area (Å²) >= 11 is 0. The molecular weight excluding hydrogens is 1270 g/mol. The van der Waals surface area contributed by atoms with Crippen LogP contribution in [0.25, 0.3) is 0 Å². The molecule has 3 rings (SSSR count). The minimum absolute atomic E-state index is 0.225. The molecule has 580 valence electrons. The summed E-state index contributed by atoms with van der Waals surface area (Å²) in [5.41, 5.74) is 0. The number of ether oxygens (including phenoxy) is 6. The zero-order valence-corrected chi connectivity index (χ0v) is 61.9. The summed E-state index contributed by atoms with van der Waals surface area (Å²) in [5.74, 6) is -0.292. The van der Waals surface area contributed by atoms with E-state index in [9.17, 15) is 61.0 Å². The van der Waals surface area contributed by atoms with Crippen LogP contribution in [0.15, 0.2) is 85.1 Å². The Morgan fingerprint density at radius 3 is 1.12 bits per heavy atom. The first-order valence-corrected chi connectivity index (χ1v) is 39.8. The first-order chi connectivity index (χ1) is 48.8. The lowest BCUT2D eigenvalue weighted by Crippen LogP contribution is -2.66. The molecule has 3 aliphatic rings. The summed E-state index contributed by atoms with van der Waals surface area (Å²) in [6.07, 6.45) is 54.3. The van der Waals surface area contributed by atoms with Crippen molar-refractivity contribution in [2.45, 2.75) is 394 Å². The van der Waals surface area contributed by atoms with Crippen LogP contribution in [0, 0.1) is 0 Å². The maximum Gasteiger partial charge on any atom is 0.220 e. The second kappa shape index (κ2) is 61.2. The molecule has 0 aromatic carbocycles. The van der Waals surface area contributed by atoms with Crippen molar-refractivity contribution < 1.29 is 89.4 Å². The van der Waals surface area contributed by atoms with E-state index < -0.39 is 124 Å². The lowest BCUT2D eigenvalue weighted by Gasteiger charge is -2.48. The van der Waals surface area contributed by atoms with Crippen molar-refractivity contribution >= 4 is 5.91 Å². The standard InChI is InChI=1S/C81H143NO18/c1-3-5-7-9-11-13-15-17-19-21-23-25-27-29-30-31-32-33-35-36-38-40-42-44-46-48-50-52-54-56-58-65(86)64(82-69(87)59-57-55-53-51-49-47-45-43-41-39-37-34-28-26-24-22-20-18-16-14-12-10-8-6-4-2)63-95-79-75(93)72(90)77(67(61-84)97-79)100-81-76(94)73(91)78(68(62-85)98-81)99-80-74(92)71(89)70(88)66(60-83)96-80/h6,8,12,14,18,20,24,26,40,42,48,50,56,58,64-68,70-81,83-86,88-94H,3-5,7,9-11,13,15-17,19,21-23,25,27-39,41,43-47,49,51-55,57,59-63H2,1-2H3,(H,82,87)/b8-6-,14-12-,20-18-,26-24-,42-40+,50-48+,58-56+. The molecule has 0 radical (unpaired) electrons. The molecule has 17 atom stereocenters. The smallest absolute Gasteiger partial charge is 0.220 e. The monoisotopic (exact) mass is 1420 g/mol. The normalized spacial score (nSPS) is 26.9. The van der Waals surface area contributed by atoms with Gasteiger partial charge in [0.1, 0.15) is 73.2 Å². The van der Waals surface area contributed by atoms with Crippen LogP contribution in [0.2, 0.25) is 0 Å². The Kier molecular flexibility index (Phi) is 55.8. The molecule has 19 heteroatoms. The number of aliphatic hydroxyl groups excluding tert-OH is 11. The number of hydrogen-bond acceptors (Lipinski definition) is 18. The number of nitrogens with one attached hydrogen (secondary N) is 1. The maximum absolute atomic E-state index is 13.5. The molecule has 12 N–H and O–H groups in total. The van der Waals surface area contributed by atoms with E-state index >= 15 is 0 Å². The van der Waals surface area contributed by atoms with Gasteiger partial charge in [-0.25, -0.2) is 0 Å². The Labute approximate surface area is 603 Å². The molecule has 1 amide bonds. The number of hydrogen-bond donors (Lipinski definition) is 12. The number of carbonyl (C=O) groups is 1. The minimum Gasteiger partial charge on any atom is -0.394 e. The third kappa shape index (κ3) is 41.0. The summed E-state index contributed by atoms with van der Waals surface area (Å²) in [4.78, 5) is 13.5. The predicted molar refractivity (Wildman–Crippen MR) is 397 cm³/mol. The number of aliphatic hydroxyl groups is 11. The fourth-order valence-electron chi connectivity index (χ4n) is 13.0. The van der Waals surface area contributed by atoms with E-state index in [1.54, 1.807) is 6.08 Å². The van der Waals surface area contributed by atoms with E-state index in [4.69, 9.17) is 28.4 Å². The van der Waals surface area contributed by atoms with E-state index in [2.05, 4.69) is 92.1 Å². The van der Waals surface area contributed by atoms with Crippen LogP contribution < -0.4 is 5.32 Å². The van der Waals surface area contributed by atoms with E-state index in [0.29, 0.717) is 12.8 Å². The Morgan fingerprint density at radius 2 is 0.700 bits per heavy atom. The summed E-state index contributed by atoms with van der Waals surface area (Å²) < 4.78 is 34.4. The lowest BCUT2D eigenvalue weighted by atomic mass is 9.96. The van der Waals surface area contributed by atoms with Gasteiger partial charge < -0.3 is 89.9 Å². The summed E-state index contributed by atoms with van der Waals surface area (Å²) in [6, 6.07) is -1.00. The van der Waals surface area contributed by atoms with Crippen molar-refractivity contribution in [3.05, 3.63) is 85.1 Å². The Balaban J connectivity index is 1.40. The van der Waals surface area contributed by atoms with Gasteiger partial charge in [-0.05, 0) is 83.5 Å². The molecule has 17 unspecified atom stereocenters. The van der Waals surface area contributed by atoms with Crippen LogP contribution in [0.3, 0.4) is 0 Å². The van der Waals surface area contributed by atoms with Gasteiger partial charge in [0.05, 0.1) is 38.6 Å². The molecule has 0 spiro atoms. The van der Waals surface area contributed by atoms with Crippen LogP contribution in [0.1, 0.15) is 290 Å². The Bertz CT molecular complexity index is 2140. The van der Waals surface area contributed by atoms with E-state index in [1.807, 2.05) is 6.08 Å². The highest BCUT2D eigenvalue weighted by atomic mass is 16.8. The van der Waals surface area contributed by atoms with E-state index in [-0.39, 0.29) is 18.9 Å². The van der Waals surface area contributed by atoms with Crippen molar-refractivity contribution in [3.8, 4) is 0 Å². The number of amides is 1. The first-order valence-electron chi connectivity index (χ1n) is 39.8. The zero-order valence-electron chi connectivity index (χ0n) is 61.9. The second-order valence-electron chi connectivity index (χ2n) is 28.1. The molecule has 100 heavy (non-hydrogen) atoms. The molecule has 3 aliphatic heterocycles. The average molecular weight is 1420 g/mol. The van der Waals surface area contributed by atoms with E-state index in [1.165, 1.54) is 173 Å². The molecule has 0 bridgehead atoms. The van der Waals surface area contributed by atoms with Gasteiger partial charge in [-0.2, -0.15) is 0 Å². The molecule has 0 aromatic heterocycles. The Morgan fingerprint density at radius 1 is 0.370 bits per heavy atom. The Hall–Kier alpha value is -3.03. The van der Waals surface area contributed by atoms with Crippen molar-refractivity contribution in [2.24, 2.45) is 0 Å². The van der Waals surface area contributed by atoms with Crippen LogP contribution in [-0.4, -0.2) is 193 Å². The van der Waals surface area contributed by atoms with Gasteiger partial charge in [-0.3, -0.25) is 4.79 Å². The average Bonchev–Trinajstić information content (AvgIpc) is 0.783. The molecule has 0 aromatic rings. The molecule has 3 heterocycles. The van der Waals surface area contributed by atoms with Crippen LogP contribution >= 0.6 is 0 Å². The predicted octanol–water partition coefficient (Wildman–Crippen LogP) is 13.0. The summed E-state index contributed by atoms with van der Waals surface area (Å²) in [5, 5.41) is 121. The van der Waals surface area contributed by atoms with Crippen LogP contribution in [-0.2, 0) is 33.2 Å². The van der Waals surface area contributed by atoms with Crippen molar-refractivity contribution in [3.63, 3.8) is 0 Å². The largest absolute Gasteiger partial charge is 0.394 e. The highest BCUT2D eigenvalue weighted by molar-refractivity contribution is 5.76. The molecule has 0 aliphatic carbocycles. The number of rotatable bonds is 62. The van der Waals surface area contributed by atoms with Gasteiger partial charge in [0.25, 0.3) is 0 Å². The SMILES string of the molecule is CC/C=C\C/C=C\C/C=C\C/C=C\CCCCCCCCCCCCCCC(=O)NC(COC1OC(CO)C(OC2OC(CO)C(OC3OC(CO)C(O)C(O)C3O)C(O)C2O)C(O)C1O)C(O)/C=C/CC/C=C/CC/C=C/CCCCCCCCCCCCCCCCCCCCCC. The van der Waals surface area contributed by atoms with Gasteiger partial charge in [0, 0.05) is 6.42 Å². The number of carbonyl (C=O) groups excluding carboxylic acids is 1. The van der Waals surface area contributed by atoms with Gasteiger partial charge in [0.2, 0.25) is 5.91 Å². The molecule has 0 saturated carbocycles.